The quantitative estimate of drug-likeness (QED) is 0.392. The van der Waals surface area contributed by atoms with Gasteiger partial charge in [0.1, 0.15) is 6.61 Å². The predicted octanol–water partition coefficient (Wildman–Crippen LogP) is 6.03. The zero-order valence-electron chi connectivity index (χ0n) is 17.3. The van der Waals surface area contributed by atoms with Gasteiger partial charge in [0.05, 0.1) is 11.4 Å². The van der Waals surface area contributed by atoms with E-state index < -0.39 is 6.16 Å². The Hall–Kier alpha value is -2.82. The smallest absolute Gasteiger partial charge is 0.430 e. The molecule has 2 aromatic rings. The molecule has 0 spiro atoms. The van der Waals surface area contributed by atoms with Crippen LogP contribution in [0.3, 0.4) is 0 Å². The first kappa shape index (κ1) is 21.5. The van der Waals surface area contributed by atoms with E-state index in [0.29, 0.717) is 5.88 Å². The van der Waals surface area contributed by atoms with Gasteiger partial charge in [-0.05, 0) is 58.2 Å². The summed E-state index contributed by atoms with van der Waals surface area (Å²) in [6, 6.07) is 11.4. The largest absolute Gasteiger partial charge is 0.515 e. The number of ether oxygens (including phenoxy) is 2. The summed E-state index contributed by atoms with van der Waals surface area (Å²) in [6.07, 6.45) is 7.11. The second-order valence-corrected chi connectivity index (χ2v) is 7.00. The average molecular weight is 383 g/mol. The molecule has 0 aliphatic heterocycles. The summed E-state index contributed by atoms with van der Waals surface area (Å²) >= 11 is 0. The van der Waals surface area contributed by atoms with Crippen LogP contribution in [0.15, 0.2) is 59.7 Å². The number of hydrogen-bond donors (Lipinski definition) is 0. The summed E-state index contributed by atoms with van der Waals surface area (Å²) in [7, 11) is 0. The second kappa shape index (κ2) is 11.1. The Bertz CT molecular complexity index is 816. The van der Waals surface area contributed by atoms with Crippen molar-refractivity contribution in [1.82, 2.24) is 9.78 Å². The summed E-state index contributed by atoms with van der Waals surface area (Å²) in [5.74, 6) is 0.365. The van der Waals surface area contributed by atoms with Crippen molar-refractivity contribution >= 4 is 6.16 Å². The fraction of sp³-hybridized carbons (Fsp3) is 0.391. The number of hydrogen-bond acceptors (Lipinski definition) is 4. The van der Waals surface area contributed by atoms with E-state index in [1.807, 2.05) is 43.3 Å². The molecule has 0 N–H and O–H groups in total. The number of para-hydroxylation sites is 1. The summed E-state index contributed by atoms with van der Waals surface area (Å²) in [5.41, 5.74) is 4.21. The van der Waals surface area contributed by atoms with E-state index in [4.69, 9.17) is 9.47 Å². The van der Waals surface area contributed by atoms with E-state index in [-0.39, 0.29) is 6.61 Å². The maximum Gasteiger partial charge on any atom is 0.515 e. The van der Waals surface area contributed by atoms with Crippen molar-refractivity contribution in [2.45, 2.75) is 53.4 Å². The minimum atomic E-state index is -0.728. The normalized spacial score (nSPS) is 11.2. The van der Waals surface area contributed by atoms with Crippen LogP contribution in [0.1, 0.15) is 52.7 Å². The highest BCUT2D eigenvalue weighted by atomic mass is 16.7. The van der Waals surface area contributed by atoms with Gasteiger partial charge in [0.25, 0.3) is 0 Å². The van der Waals surface area contributed by atoms with Gasteiger partial charge >= 0.3 is 6.16 Å². The van der Waals surface area contributed by atoms with Crippen LogP contribution >= 0.6 is 0 Å². The summed E-state index contributed by atoms with van der Waals surface area (Å²) < 4.78 is 12.3. The molecule has 0 aliphatic rings. The van der Waals surface area contributed by atoms with E-state index in [0.717, 1.165) is 37.1 Å². The molecule has 150 valence electrons. The van der Waals surface area contributed by atoms with Gasteiger partial charge in [-0.15, -0.1) is 0 Å². The molecular weight excluding hydrogens is 352 g/mol. The molecule has 1 heterocycles. The first-order chi connectivity index (χ1) is 13.5. The highest BCUT2D eigenvalue weighted by Crippen LogP contribution is 2.21. The first-order valence-electron chi connectivity index (χ1n) is 9.77. The van der Waals surface area contributed by atoms with Gasteiger partial charge in [0.2, 0.25) is 5.88 Å². The number of allylic oxidation sites excluding steroid dienone is 3. The summed E-state index contributed by atoms with van der Waals surface area (Å²) in [5, 5.41) is 4.55. The van der Waals surface area contributed by atoms with Gasteiger partial charge < -0.3 is 9.47 Å². The number of benzene rings is 1. The van der Waals surface area contributed by atoms with E-state index in [2.05, 4.69) is 31.9 Å². The zero-order valence-corrected chi connectivity index (χ0v) is 17.3. The molecule has 0 bridgehead atoms. The molecule has 1 aromatic heterocycles. The van der Waals surface area contributed by atoms with Crippen molar-refractivity contribution in [3.05, 3.63) is 65.4 Å². The Labute approximate surface area is 167 Å². The van der Waals surface area contributed by atoms with Crippen LogP contribution in [0.25, 0.3) is 5.69 Å². The van der Waals surface area contributed by atoms with Crippen molar-refractivity contribution in [1.29, 1.82) is 0 Å². The van der Waals surface area contributed by atoms with Gasteiger partial charge in [-0.3, -0.25) is 0 Å². The SMILES string of the molecule is CCCc1cc(OC(=O)OC/C=C(\C)CCC=C(C)C)n(-c2ccccc2)n1. The van der Waals surface area contributed by atoms with Crippen LogP contribution in [-0.2, 0) is 11.2 Å². The molecule has 5 nitrogen and oxygen atoms in total. The molecule has 0 amide bonds. The van der Waals surface area contributed by atoms with Crippen LogP contribution in [0.2, 0.25) is 0 Å². The van der Waals surface area contributed by atoms with Crippen LogP contribution in [0.4, 0.5) is 4.79 Å². The lowest BCUT2D eigenvalue weighted by Gasteiger charge is -2.07. The van der Waals surface area contributed by atoms with Gasteiger partial charge in [-0.25, -0.2) is 9.48 Å². The Morgan fingerprint density at radius 3 is 2.57 bits per heavy atom. The molecule has 5 heteroatoms. The van der Waals surface area contributed by atoms with Crippen molar-refractivity contribution in [2.75, 3.05) is 6.61 Å². The summed E-state index contributed by atoms with van der Waals surface area (Å²) in [6.45, 7) is 8.49. The second-order valence-electron chi connectivity index (χ2n) is 7.00. The third-order valence-corrected chi connectivity index (χ3v) is 4.15. The molecule has 0 radical (unpaired) electrons. The fourth-order valence-corrected chi connectivity index (χ4v) is 2.67. The number of aromatic nitrogens is 2. The molecule has 0 aliphatic carbocycles. The third kappa shape index (κ3) is 7.06. The minimum absolute atomic E-state index is 0.195. The zero-order chi connectivity index (χ0) is 20.4. The molecule has 28 heavy (non-hydrogen) atoms. The van der Waals surface area contributed by atoms with Gasteiger partial charge in [-0.2, -0.15) is 5.10 Å². The van der Waals surface area contributed by atoms with Gasteiger partial charge in [0.15, 0.2) is 0 Å². The number of carbonyl (C=O) groups excluding carboxylic acids is 1. The highest BCUT2D eigenvalue weighted by molar-refractivity contribution is 5.63. The number of aryl methyl sites for hydroxylation is 1. The maximum atomic E-state index is 12.1. The summed E-state index contributed by atoms with van der Waals surface area (Å²) in [4.78, 5) is 12.1. The van der Waals surface area contributed by atoms with E-state index in [9.17, 15) is 4.79 Å². The lowest BCUT2D eigenvalue weighted by atomic mass is 10.1. The highest BCUT2D eigenvalue weighted by Gasteiger charge is 2.15. The Morgan fingerprint density at radius 1 is 1.14 bits per heavy atom. The van der Waals surface area contributed by atoms with Crippen molar-refractivity contribution in [3.63, 3.8) is 0 Å². The lowest BCUT2D eigenvalue weighted by Crippen LogP contribution is -2.13. The molecule has 0 saturated carbocycles. The molecule has 0 atom stereocenters. The van der Waals surface area contributed by atoms with Crippen molar-refractivity contribution < 1.29 is 14.3 Å². The maximum absolute atomic E-state index is 12.1. The van der Waals surface area contributed by atoms with Crippen LogP contribution in [-0.4, -0.2) is 22.5 Å². The van der Waals surface area contributed by atoms with Crippen LogP contribution in [0.5, 0.6) is 5.88 Å². The average Bonchev–Trinajstić information content (AvgIpc) is 3.04. The monoisotopic (exact) mass is 382 g/mol. The Kier molecular flexibility index (Phi) is 8.53. The van der Waals surface area contributed by atoms with E-state index in [1.54, 1.807) is 10.7 Å². The lowest BCUT2D eigenvalue weighted by molar-refractivity contribution is 0.107. The topological polar surface area (TPSA) is 53.4 Å². The van der Waals surface area contributed by atoms with E-state index >= 15 is 0 Å². The van der Waals surface area contributed by atoms with Gasteiger partial charge in [-0.1, -0.05) is 48.8 Å². The van der Waals surface area contributed by atoms with Crippen molar-refractivity contribution in [3.8, 4) is 11.6 Å². The van der Waals surface area contributed by atoms with Crippen molar-refractivity contribution in [2.24, 2.45) is 0 Å². The number of rotatable bonds is 9. The van der Waals surface area contributed by atoms with Crippen LogP contribution in [0, 0.1) is 0 Å². The predicted molar refractivity (Wildman–Crippen MR) is 112 cm³/mol. The molecular formula is C23H30N2O3. The fourth-order valence-electron chi connectivity index (χ4n) is 2.67. The number of nitrogens with zero attached hydrogens (tertiary/aromatic N) is 2. The molecule has 0 fully saturated rings. The minimum Gasteiger partial charge on any atom is -0.430 e. The van der Waals surface area contributed by atoms with Crippen LogP contribution < -0.4 is 4.74 Å². The first-order valence-corrected chi connectivity index (χ1v) is 9.77. The molecule has 0 saturated heterocycles. The molecule has 2 rings (SSSR count). The Morgan fingerprint density at radius 2 is 1.89 bits per heavy atom. The van der Waals surface area contributed by atoms with Gasteiger partial charge in [0, 0.05) is 6.07 Å². The Balaban J connectivity index is 1.97. The third-order valence-electron chi connectivity index (χ3n) is 4.15. The standard InChI is InChI=1S/C23H30N2O3/c1-5-10-20-17-22(25(24-20)21-13-7-6-8-14-21)28-23(26)27-16-15-19(4)12-9-11-18(2)3/h6-8,11,13-15,17H,5,9-10,12,16H2,1-4H3/b19-15+. The molecule has 1 aromatic carbocycles. The number of carbonyl (C=O) groups is 1. The van der Waals surface area contributed by atoms with E-state index in [1.165, 1.54) is 11.1 Å². The molecule has 0 unspecified atom stereocenters.